The predicted octanol–water partition coefficient (Wildman–Crippen LogP) is 2.59. The van der Waals surface area contributed by atoms with Gasteiger partial charge in [-0.3, -0.25) is 8.99 Å². The van der Waals surface area contributed by atoms with Crippen LogP contribution in [0.25, 0.3) is 0 Å². The summed E-state index contributed by atoms with van der Waals surface area (Å²) < 4.78 is 27.6. The third kappa shape index (κ3) is 2.87. The van der Waals surface area contributed by atoms with Crippen LogP contribution < -0.4 is 4.31 Å². The average molecular weight is 331 g/mol. The number of nitrogens with zero attached hydrogens (tertiary/aromatic N) is 3. The molecule has 0 N–H and O–H groups in total. The first kappa shape index (κ1) is 14.8. The molecule has 0 radical (unpaired) electrons. The first-order valence-corrected chi connectivity index (χ1v) is 9.97. The molecular weight excluding hydrogens is 310 g/mol. The lowest BCUT2D eigenvalue weighted by Crippen LogP contribution is -2.36. The Morgan fingerprint density at radius 3 is 2.70 bits per heavy atom. The van der Waals surface area contributed by atoms with Crippen LogP contribution in [-0.2, 0) is 16.6 Å². The maximum Gasteiger partial charge on any atom is 0.232 e. The molecule has 0 amide bonds. The number of rotatable bonds is 4. The van der Waals surface area contributed by atoms with Crippen molar-refractivity contribution >= 4 is 15.7 Å². The van der Waals surface area contributed by atoms with Gasteiger partial charge < -0.3 is 0 Å². The van der Waals surface area contributed by atoms with Gasteiger partial charge in [0.1, 0.15) is 0 Å². The zero-order valence-corrected chi connectivity index (χ0v) is 14.0. The third-order valence-electron chi connectivity index (χ3n) is 4.76. The molecule has 6 heteroatoms. The molecule has 1 aliphatic carbocycles. The number of hydrogen-bond donors (Lipinski definition) is 0. The Bertz CT molecular complexity index is 824. The van der Waals surface area contributed by atoms with Crippen LogP contribution in [0.2, 0.25) is 0 Å². The minimum absolute atomic E-state index is 0.171. The Labute approximate surface area is 137 Å². The van der Waals surface area contributed by atoms with Crippen LogP contribution in [0.4, 0.5) is 5.69 Å². The summed E-state index contributed by atoms with van der Waals surface area (Å²) in [5.41, 5.74) is 2.90. The summed E-state index contributed by atoms with van der Waals surface area (Å²) in [4.78, 5) is 0. The van der Waals surface area contributed by atoms with E-state index in [1.54, 1.807) is 0 Å². The van der Waals surface area contributed by atoms with Gasteiger partial charge in [0, 0.05) is 25.2 Å². The lowest BCUT2D eigenvalue weighted by molar-refractivity contribution is 0.545. The van der Waals surface area contributed by atoms with Crippen LogP contribution in [0, 0.1) is 5.92 Å². The number of aromatic nitrogens is 2. The molecule has 1 fully saturated rings. The van der Waals surface area contributed by atoms with Gasteiger partial charge in [-0.25, -0.2) is 8.42 Å². The van der Waals surface area contributed by atoms with Crippen molar-refractivity contribution in [2.24, 2.45) is 5.92 Å². The molecule has 122 valence electrons. The molecule has 2 heterocycles. The minimum atomic E-state index is -3.24. The van der Waals surface area contributed by atoms with E-state index in [9.17, 15) is 8.42 Å². The Kier molecular flexibility index (Phi) is 3.44. The fourth-order valence-electron chi connectivity index (χ4n) is 3.41. The molecule has 1 unspecified atom stereocenters. The van der Waals surface area contributed by atoms with Gasteiger partial charge in [0.2, 0.25) is 10.0 Å². The van der Waals surface area contributed by atoms with Gasteiger partial charge in [-0.05, 0) is 42.9 Å². The standard InChI is InChI=1S/C17H21N3O2S/c1-23(21,22)20-11-8-14(15-4-2-3-5-17(15)20)16-9-10-19(18-16)12-13-6-7-13/h2-5,9-10,13-14H,6-8,11-12H2,1H3. The van der Waals surface area contributed by atoms with E-state index in [0.29, 0.717) is 6.54 Å². The van der Waals surface area contributed by atoms with Crippen molar-refractivity contribution in [1.29, 1.82) is 0 Å². The summed E-state index contributed by atoms with van der Waals surface area (Å²) in [7, 11) is -3.24. The molecule has 0 spiro atoms. The van der Waals surface area contributed by atoms with Gasteiger partial charge >= 0.3 is 0 Å². The van der Waals surface area contributed by atoms with Crippen LogP contribution in [-0.4, -0.2) is 31.0 Å². The first-order valence-electron chi connectivity index (χ1n) is 8.12. The normalized spacial score (nSPS) is 21.3. The Balaban J connectivity index is 1.68. The fourth-order valence-corrected chi connectivity index (χ4v) is 4.37. The van der Waals surface area contributed by atoms with E-state index >= 15 is 0 Å². The maximum absolute atomic E-state index is 12.0. The Morgan fingerprint density at radius 2 is 1.96 bits per heavy atom. The van der Waals surface area contributed by atoms with Gasteiger partial charge in [-0.2, -0.15) is 5.10 Å². The lowest BCUT2D eigenvalue weighted by atomic mass is 9.88. The molecule has 4 rings (SSSR count). The summed E-state index contributed by atoms with van der Waals surface area (Å²) in [6.45, 7) is 1.51. The highest BCUT2D eigenvalue weighted by Gasteiger charge is 2.31. The molecule has 1 aromatic heterocycles. The molecule has 1 saturated carbocycles. The van der Waals surface area contributed by atoms with Crippen molar-refractivity contribution in [2.45, 2.75) is 31.7 Å². The summed E-state index contributed by atoms with van der Waals surface area (Å²) in [5, 5.41) is 4.75. The highest BCUT2D eigenvalue weighted by atomic mass is 32.2. The molecule has 1 atom stereocenters. The van der Waals surface area contributed by atoms with Crippen LogP contribution in [0.3, 0.4) is 0 Å². The fraction of sp³-hybridized carbons (Fsp3) is 0.471. The maximum atomic E-state index is 12.0. The second-order valence-electron chi connectivity index (χ2n) is 6.64. The molecular formula is C17H21N3O2S. The van der Waals surface area contributed by atoms with E-state index in [2.05, 4.69) is 12.3 Å². The Hall–Kier alpha value is -1.82. The lowest BCUT2D eigenvalue weighted by Gasteiger charge is -2.33. The predicted molar refractivity (Wildman–Crippen MR) is 90.0 cm³/mol. The average Bonchev–Trinajstić information content (AvgIpc) is 3.21. The summed E-state index contributed by atoms with van der Waals surface area (Å²) >= 11 is 0. The van der Waals surface area contributed by atoms with Crippen LogP contribution >= 0.6 is 0 Å². The summed E-state index contributed by atoms with van der Waals surface area (Å²) in [5.74, 6) is 0.965. The van der Waals surface area contributed by atoms with E-state index in [1.165, 1.54) is 23.4 Å². The smallest absolute Gasteiger partial charge is 0.232 e. The third-order valence-corrected chi connectivity index (χ3v) is 5.94. The van der Waals surface area contributed by atoms with Crippen molar-refractivity contribution in [3.63, 3.8) is 0 Å². The number of benzene rings is 1. The van der Waals surface area contributed by atoms with Crippen LogP contribution in [0.15, 0.2) is 36.5 Å². The number of hydrogen-bond acceptors (Lipinski definition) is 3. The van der Waals surface area contributed by atoms with E-state index in [4.69, 9.17) is 5.10 Å². The molecule has 0 saturated heterocycles. The second-order valence-corrected chi connectivity index (χ2v) is 8.55. The van der Waals surface area contributed by atoms with Crippen molar-refractivity contribution < 1.29 is 8.42 Å². The van der Waals surface area contributed by atoms with Gasteiger partial charge in [0.15, 0.2) is 0 Å². The van der Waals surface area contributed by atoms with Crippen molar-refractivity contribution in [3.8, 4) is 0 Å². The number of para-hydroxylation sites is 1. The van der Waals surface area contributed by atoms with Crippen molar-refractivity contribution in [2.75, 3.05) is 17.1 Å². The molecule has 23 heavy (non-hydrogen) atoms. The number of sulfonamides is 1. The largest absolute Gasteiger partial charge is 0.272 e. The van der Waals surface area contributed by atoms with Crippen molar-refractivity contribution in [3.05, 3.63) is 47.8 Å². The molecule has 2 aromatic rings. The van der Waals surface area contributed by atoms with Crippen LogP contribution in [0.5, 0.6) is 0 Å². The van der Waals surface area contributed by atoms with E-state index in [1.807, 2.05) is 28.9 Å². The zero-order valence-electron chi connectivity index (χ0n) is 13.2. The van der Waals surface area contributed by atoms with Gasteiger partial charge in [0.05, 0.1) is 17.6 Å². The van der Waals surface area contributed by atoms with Crippen LogP contribution in [0.1, 0.15) is 36.4 Å². The molecule has 1 aliphatic heterocycles. The number of anilines is 1. The Morgan fingerprint density at radius 1 is 1.17 bits per heavy atom. The van der Waals surface area contributed by atoms with E-state index in [0.717, 1.165) is 35.8 Å². The van der Waals surface area contributed by atoms with Gasteiger partial charge in [-0.1, -0.05) is 18.2 Å². The zero-order chi connectivity index (χ0) is 16.0. The van der Waals surface area contributed by atoms with Crippen molar-refractivity contribution in [1.82, 2.24) is 9.78 Å². The topological polar surface area (TPSA) is 55.2 Å². The van der Waals surface area contributed by atoms with E-state index in [-0.39, 0.29) is 5.92 Å². The van der Waals surface area contributed by atoms with E-state index < -0.39 is 10.0 Å². The highest BCUT2D eigenvalue weighted by Crippen LogP contribution is 2.39. The molecule has 5 nitrogen and oxygen atoms in total. The second kappa shape index (κ2) is 5.37. The SMILES string of the molecule is CS(=O)(=O)N1CCC(c2ccn(CC3CC3)n2)c2ccccc21. The first-order chi connectivity index (χ1) is 11.0. The summed E-state index contributed by atoms with van der Waals surface area (Å²) in [6, 6.07) is 9.87. The molecule has 0 bridgehead atoms. The summed E-state index contributed by atoms with van der Waals surface area (Å²) in [6.07, 6.45) is 6.72. The monoisotopic (exact) mass is 331 g/mol. The minimum Gasteiger partial charge on any atom is -0.272 e. The van der Waals surface area contributed by atoms with Gasteiger partial charge in [-0.15, -0.1) is 0 Å². The molecule has 2 aliphatic rings. The molecule has 1 aromatic carbocycles. The highest BCUT2D eigenvalue weighted by molar-refractivity contribution is 7.92. The van der Waals surface area contributed by atoms with Gasteiger partial charge in [0.25, 0.3) is 0 Å². The quantitative estimate of drug-likeness (QED) is 0.865. The number of fused-ring (bicyclic) bond motifs is 1.